The highest BCUT2D eigenvalue weighted by Gasteiger charge is 2.40. The first kappa shape index (κ1) is 19.0. The highest BCUT2D eigenvalue weighted by Crippen LogP contribution is 2.35. The maximum absolute atomic E-state index is 13.9. The number of ether oxygens (including phenoxy) is 1. The van der Waals surface area contributed by atoms with Gasteiger partial charge in [-0.15, -0.1) is 0 Å². The molecule has 26 heavy (non-hydrogen) atoms. The molecule has 1 aromatic carbocycles. The number of piperidine rings is 1. The third-order valence-electron chi connectivity index (χ3n) is 5.42. The van der Waals surface area contributed by atoms with Crippen molar-refractivity contribution in [1.82, 2.24) is 15.1 Å². The van der Waals surface area contributed by atoms with E-state index in [1.807, 2.05) is 0 Å². The number of rotatable bonds is 3. The molecule has 0 unspecified atom stereocenters. The van der Waals surface area contributed by atoms with E-state index in [-0.39, 0.29) is 17.7 Å². The SMILES string of the molecule is CN(C)C(=O)N[C@@H]1CCOC2(CCN(Cc3cccc(F)c3F)CC2)C1. The number of amides is 2. The second kappa shape index (κ2) is 7.88. The van der Waals surface area contributed by atoms with Gasteiger partial charge in [0.25, 0.3) is 0 Å². The van der Waals surface area contributed by atoms with Gasteiger partial charge in [0.05, 0.1) is 5.60 Å². The lowest BCUT2D eigenvalue weighted by Crippen LogP contribution is -2.54. The van der Waals surface area contributed by atoms with Gasteiger partial charge in [0.15, 0.2) is 11.6 Å². The quantitative estimate of drug-likeness (QED) is 0.894. The molecular formula is C19H27F2N3O2. The van der Waals surface area contributed by atoms with Crippen molar-refractivity contribution in [1.29, 1.82) is 0 Å². The Kier molecular flexibility index (Phi) is 5.77. The maximum Gasteiger partial charge on any atom is 0.317 e. The molecule has 2 saturated heterocycles. The molecule has 2 fully saturated rings. The summed E-state index contributed by atoms with van der Waals surface area (Å²) in [5.41, 5.74) is 0.168. The van der Waals surface area contributed by atoms with Gasteiger partial charge in [-0.1, -0.05) is 12.1 Å². The van der Waals surface area contributed by atoms with Crippen molar-refractivity contribution in [3.8, 4) is 0 Å². The molecule has 3 rings (SSSR count). The van der Waals surface area contributed by atoms with Crippen LogP contribution in [-0.2, 0) is 11.3 Å². The zero-order chi connectivity index (χ0) is 18.7. The Balaban J connectivity index is 1.55. The number of carbonyl (C=O) groups is 1. The molecule has 144 valence electrons. The van der Waals surface area contributed by atoms with Crippen molar-refractivity contribution in [2.45, 2.75) is 43.9 Å². The smallest absolute Gasteiger partial charge is 0.317 e. The molecule has 0 bridgehead atoms. The first-order chi connectivity index (χ1) is 12.4. The van der Waals surface area contributed by atoms with E-state index in [2.05, 4.69) is 10.2 Å². The van der Waals surface area contributed by atoms with Crippen LogP contribution in [-0.4, -0.2) is 61.3 Å². The first-order valence-electron chi connectivity index (χ1n) is 9.16. The van der Waals surface area contributed by atoms with E-state index < -0.39 is 11.6 Å². The first-order valence-corrected chi connectivity index (χ1v) is 9.16. The van der Waals surface area contributed by atoms with E-state index in [9.17, 15) is 13.6 Å². The molecular weight excluding hydrogens is 340 g/mol. The van der Waals surface area contributed by atoms with Crippen molar-refractivity contribution >= 4 is 6.03 Å². The minimum atomic E-state index is -0.800. The molecule has 0 saturated carbocycles. The highest BCUT2D eigenvalue weighted by atomic mass is 19.2. The highest BCUT2D eigenvalue weighted by molar-refractivity contribution is 5.73. The number of benzene rings is 1. The number of carbonyl (C=O) groups excluding carboxylic acids is 1. The Morgan fingerprint density at radius 1 is 1.35 bits per heavy atom. The van der Waals surface area contributed by atoms with Crippen LogP contribution in [0.3, 0.4) is 0 Å². The van der Waals surface area contributed by atoms with E-state index in [0.29, 0.717) is 18.7 Å². The predicted molar refractivity (Wildman–Crippen MR) is 94.8 cm³/mol. The van der Waals surface area contributed by atoms with E-state index >= 15 is 0 Å². The molecule has 2 amide bonds. The minimum absolute atomic E-state index is 0.0777. The Morgan fingerprint density at radius 3 is 2.77 bits per heavy atom. The second-order valence-corrected chi connectivity index (χ2v) is 7.55. The molecule has 2 aliphatic heterocycles. The van der Waals surface area contributed by atoms with Crippen molar-refractivity contribution in [3.63, 3.8) is 0 Å². The summed E-state index contributed by atoms with van der Waals surface area (Å²) in [4.78, 5) is 15.6. The summed E-state index contributed by atoms with van der Waals surface area (Å²) >= 11 is 0. The average Bonchev–Trinajstić information content (AvgIpc) is 2.61. The van der Waals surface area contributed by atoms with Crippen LogP contribution in [0.2, 0.25) is 0 Å². The maximum atomic E-state index is 13.9. The van der Waals surface area contributed by atoms with Gasteiger partial charge >= 0.3 is 6.03 Å². The van der Waals surface area contributed by atoms with Crippen LogP contribution in [0, 0.1) is 11.6 Å². The fourth-order valence-corrected chi connectivity index (χ4v) is 3.83. The summed E-state index contributed by atoms with van der Waals surface area (Å²) in [6.07, 6.45) is 3.28. The standard InChI is InChI=1S/C19H27F2N3O2/c1-23(2)18(25)22-15-6-11-26-19(12-15)7-9-24(10-8-19)13-14-4-3-5-16(20)17(14)21/h3-5,15H,6-13H2,1-2H3,(H,22,25)/t15-/m1/s1. The summed E-state index contributed by atoms with van der Waals surface area (Å²) in [7, 11) is 3.46. The zero-order valence-corrected chi connectivity index (χ0v) is 15.4. The van der Waals surface area contributed by atoms with Crippen LogP contribution in [0.1, 0.15) is 31.2 Å². The van der Waals surface area contributed by atoms with Crippen LogP contribution in [0.5, 0.6) is 0 Å². The van der Waals surface area contributed by atoms with E-state index in [0.717, 1.165) is 44.8 Å². The molecule has 0 radical (unpaired) electrons. The number of likely N-dealkylation sites (tertiary alicyclic amines) is 1. The molecule has 1 spiro atoms. The summed E-state index contributed by atoms with van der Waals surface area (Å²) < 4.78 is 33.3. The van der Waals surface area contributed by atoms with Gasteiger partial charge in [-0.25, -0.2) is 13.6 Å². The largest absolute Gasteiger partial charge is 0.375 e. The van der Waals surface area contributed by atoms with Crippen molar-refractivity contribution in [2.75, 3.05) is 33.8 Å². The topological polar surface area (TPSA) is 44.8 Å². The zero-order valence-electron chi connectivity index (χ0n) is 15.4. The van der Waals surface area contributed by atoms with Gasteiger partial charge in [0, 0.05) is 51.9 Å². The predicted octanol–water partition coefficient (Wildman–Crippen LogP) is 2.75. The molecule has 7 heteroatoms. The number of hydrogen-bond acceptors (Lipinski definition) is 3. The van der Waals surface area contributed by atoms with Crippen LogP contribution >= 0.6 is 0 Å². The number of nitrogens with zero attached hydrogens (tertiary/aromatic N) is 2. The van der Waals surface area contributed by atoms with Crippen molar-refractivity contribution in [2.24, 2.45) is 0 Å². The monoisotopic (exact) mass is 367 g/mol. The average molecular weight is 367 g/mol. The van der Waals surface area contributed by atoms with Crippen LogP contribution in [0.4, 0.5) is 13.6 Å². The summed E-state index contributed by atoms with van der Waals surface area (Å²) in [5, 5.41) is 3.06. The fourth-order valence-electron chi connectivity index (χ4n) is 3.83. The number of halogens is 2. The normalized spacial score (nSPS) is 23.0. The molecule has 1 N–H and O–H groups in total. The molecule has 2 aliphatic rings. The Labute approximate surface area is 153 Å². The summed E-state index contributed by atoms with van der Waals surface area (Å²) in [6.45, 7) is 2.58. The van der Waals surface area contributed by atoms with Gasteiger partial charge < -0.3 is 15.0 Å². The van der Waals surface area contributed by atoms with Gasteiger partial charge in [0.2, 0.25) is 0 Å². The Bertz CT molecular complexity index is 646. The van der Waals surface area contributed by atoms with Gasteiger partial charge in [-0.3, -0.25) is 4.90 Å². The van der Waals surface area contributed by atoms with Crippen LogP contribution in [0.25, 0.3) is 0 Å². The summed E-state index contributed by atoms with van der Waals surface area (Å²) in [5.74, 6) is -1.56. The lowest BCUT2D eigenvalue weighted by Gasteiger charge is -2.46. The number of nitrogens with one attached hydrogen (secondary N) is 1. The van der Waals surface area contributed by atoms with Gasteiger partial charge in [-0.2, -0.15) is 0 Å². The Hall–Kier alpha value is -1.73. The molecule has 0 aliphatic carbocycles. The van der Waals surface area contributed by atoms with E-state index in [1.165, 1.54) is 4.90 Å². The fraction of sp³-hybridized carbons (Fsp3) is 0.632. The molecule has 2 heterocycles. The minimum Gasteiger partial charge on any atom is -0.375 e. The van der Waals surface area contributed by atoms with Crippen molar-refractivity contribution < 1.29 is 18.3 Å². The lowest BCUT2D eigenvalue weighted by molar-refractivity contribution is -0.119. The van der Waals surface area contributed by atoms with Gasteiger partial charge in [-0.05, 0) is 31.7 Å². The second-order valence-electron chi connectivity index (χ2n) is 7.55. The van der Waals surface area contributed by atoms with Crippen LogP contribution < -0.4 is 5.32 Å². The number of hydrogen-bond donors (Lipinski definition) is 1. The molecule has 5 nitrogen and oxygen atoms in total. The molecule has 1 aromatic rings. The Morgan fingerprint density at radius 2 is 2.08 bits per heavy atom. The third-order valence-corrected chi connectivity index (χ3v) is 5.42. The van der Waals surface area contributed by atoms with Crippen LogP contribution in [0.15, 0.2) is 18.2 Å². The molecule has 0 aromatic heterocycles. The lowest BCUT2D eigenvalue weighted by atomic mass is 9.82. The van der Waals surface area contributed by atoms with E-state index in [1.54, 1.807) is 26.2 Å². The van der Waals surface area contributed by atoms with Crippen molar-refractivity contribution in [3.05, 3.63) is 35.4 Å². The number of urea groups is 1. The van der Waals surface area contributed by atoms with E-state index in [4.69, 9.17) is 4.74 Å². The third kappa shape index (κ3) is 4.32. The van der Waals surface area contributed by atoms with Gasteiger partial charge in [0.1, 0.15) is 0 Å². The summed E-state index contributed by atoms with van der Waals surface area (Å²) in [6, 6.07) is 4.35. The molecule has 1 atom stereocenters.